The summed E-state index contributed by atoms with van der Waals surface area (Å²) in [5, 5.41) is 7.10. The lowest BCUT2D eigenvalue weighted by Gasteiger charge is -2.22. The van der Waals surface area contributed by atoms with Gasteiger partial charge in [0, 0.05) is 18.9 Å². The van der Waals surface area contributed by atoms with Crippen LogP contribution in [0.15, 0.2) is 48.8 Å². The van der Waals surface area contributed by atoms with Crippen LogP contribution in [0.5, 0.6) is 0 Å². The first kappa shape index (κ1) is 15.5. The lowest BCUT2D eigenvalue weighted by atomic mass is 10.1. The molecule has 0 saturated carbocycles. The highest BCUT2D eigenvalue weighted by atomic mass is 16.5. The van der Waals surface area contributed by atoms with Crippen molar-refractivity contribution < 1.29 is 9.53 Å². The Kier molecular flexibility index (Phi) is 5.21. The van der Waals surface area contributed by atoms with Crippen LogP contribution in [0, 0.1) is 0 Å². The summed E-state index contributed by atoms with van der Waals surface area (Å²) in [5.74, 6) is -0.165. The van der Waals surface area contributed by atoms with Gasteiger partial charge in [-0.15, -0.1) is 0 Å². The van der Waals surface area contributed by atoms with Crippen LogP contribution in [-0.4, -0.2) is 28.4 Å². The molecule has 23 heavy (non-hydrogen) atoms. The summed E-state index contributed by atoms with van der Waals surface area (Å²) in [5.41, 5.74) is 1.69. The molecule has 1 aliphatic rings. The summed E-state index contributed by atoms with van der Waals surface area (Å²) < 4.78 is 7.53. The second kappa shape index (κ2) is 7.74. The van der Waals surface area contributed by atoms with Crippen molar-refractivity contribution in [2.75, 3.05) is 11.9 Å². The molecule has 1 aromatic heterocycles. The lowest BCUT2D eigenvalue weighted by molar-refractivity contribution is -0.111. The van der Waals surface area contributed by atoms with Crippen molar-refractivity contribution in [3.8, 4) is 0 Å². The first-order chi connectivity index (χ1) is 11.3. The van der Waals surface area contributed by atoms with E-state index in [0.717, 1.165) is 31.6 Å². The van der Waals surface area contributed by atoms with Gasteiger partial charge in [0.05, 0.1) is 24.5 Å². The zero-order chi connectivity index (χ0) is 15.9. The Balaban J connectivity index is 1.52. The number of nitrogens with one attached hydrogen (secondary N) is 1. The summed E-state index contributed by atoms with van der Waals surface area (Å²) in [6.07, 6.45) is 10.5. The monoisotopic (exact) mass is 311 g/mol. The van der Waals surface area contributed by atoms with Crippen LogP contribution in [0.25, 0.3) is 6.08 Å². The molecule has 1 atom stereocenters. The smallest absolute Gasteiger partial charge is 0.248 e. The second-order valence-corrected chi connectivity index (χ2v) is 5.67. The fourth-order valence-electron chi connectivity index (χ4n) is 2.61. The van der Waals surface area contributed by atoms with Crippen molar-refractivity contribution in [3.05, 3.63) is 54.4 Å². The minimum Gasteiger partial charge on any atom is -0.376 e. The zero-order valence-electron chi connectivity index (χ0n) is 13.0. The predicted octanol–water partition coefficient (Wildman–Crippen LogP) is 3.10. The molecule has 0 spiro atoms. The molecule has 0 aliphatic carbocycles. The van der Waals surface area contributed by atoms with Gasteiger partial charge in [-0.2, -0.15) is 5.10 Å². The van der Waals surface area contributed by atoms with Crippen LogP contribution in [0.4, 0.5) is 5.69 Å². The summed E-state index contributed by atoms with van der Waals surface area (Å²) in [6.45, 7) is 1.57. The maximum atomic E-state index is 11.9. The molecule has 5 heteroatoms. The lowest BCUT2D eigenvalue weighted by Crippen LogP contribution is -2.24. The van der Waals surface area contributed by atoms with Gasteiger partial charge < -0.3 is 10.1 Å². The fraction of sp³-hybridized carbons (Fsp3) is 0.333. The number of benzene rings is 1. The maximum absolute atomic E-state index is 11.9. The summed E-state index contributed by atoms with van der Waals surface area (Å²) in [4.78, 5) is 11.9. The Hall–Kier alpha value is -2.40. The van der Waals surface area contributed by atoms with Crippen molar-refractivity contribution >= 4 is 17.7 Å². The molecule has 1 N–H and O–H groups in total. The Morgan fingerprint density at radius 2 is 2.22 bits per heavy atom. The Labute approximate surface area is 136 Å². The molecule has 0 radical (unpaired) electrons. The van der Waals surface area contributed by atoms with E-state index in [1.54, 1.807) is 12.3 Å². The molecule has 3 rings (SSSR count). The molecule has 1 aliphatic heterocycles. The van der Waals surface area contributed by atoms with Crippen molar-refractivity contribution in [1.29, 1.82) is 0 Å². The van der Waals surface area contributed by atoms with Crippen LogP contribution in [0.1, 0.15) is 24.8 Å². The largest absolute Gasteiger partial charge is 0.376 e. The van der Waals surface area contributed by atoms with Gasteiger partial charge >= 0.3 is 0 Å². The number of aromatic nitrogens is 2. The van der Waals surface area contributed by atoms with E-state index in [1.807, 2.05) is 41.2 Å². The van der Waals surface area contributed by atoms with E-state index in [9.17, 15) is 4.79 Å². The third-order valence-electron chi connectivity index (χ3n) is 3.79. The zero-order valence-corrected chi connectivity index (χ0v) is 13.0. The summed E-state index contributed by atoms with van der Waals surface area (Å²) in [6, 6.07) is 9.73. The number of hydrogen-bond donors (Lipinski definition) is 1. The molecule has 1 aromatic carbocycles. The number of ether oxygens (including phenoxy) is 1. The van der Waals surface area contributed by atoms with Gasteiger partial charge in [0.2, 0.25) is 5.91 Å². The molecule has 0 unspecified atom stereocenters. The Bertz CT molecular complexity index is 658. The number of carbonyl (C=O) groups is 1. The van der Waals surface area contributed by atoms with Gasteiger partial charge in [-0.25, -0.2) is 0 Å². The predicted molar refractivity (Wildman–Crippen MR) is 89.9 cm³/mol. The Morgan fingerprint density at radius 1 is 1.35 bits per heavy atom. The second-order valence-electron chi connectivity index (χ2n) is 5.67. The molecule has 2 aromatic rings. The minimum absolute atomic E-state index is 0.165. The van der Waals surface area contributed by atoms with E-state index in [-0.39, 0.29) is 12.0 Å². The SMILES string of the molecule is O=C(/C=C/c1ccccc1)Nc1cnn(C[C@H]2CCCCO2)c1. The first-order valence-electron chi connectivity index (χ1n) is 7.98. The van der Waals surface area contributed by atoms with Gasteiger partial charge in [0.15, 0.2) is 0 Å². The van der Waals surface area contributed by atoms with Crippen LogP contribution in [0.2, 0.25) is 0 Å². The molecule has 2 heterocycles. The molecule has 120 valence electrons. The number of carbonyl (C=O) groups excluding carboxylic acids is 1. The highest BCUT2D eigenvalue weighted by Gasteiger charge is 2.14. The standard InChI is InChI=1S/C18H21N3O2/c22-18(10-9-15-6-2-1-3-7-15)20-16-12-19-21(13-16)14-17-8-4-5-11-23-17/h1-3,6-7,9-10,12-13,17H,4-5,8,11,14H2,(H,20,22)/b10-9+/t17-/m1/s1. The molecule has 0 bridgehead atoms. The third kappa shape index (κ3) is 4.79. The number of hydrogen-bond acceptors (Lipinski definition) is 3. The highest BCUT2D eigenvalue weighted by molar-refractivity contribution is 6.01. The van der Waals surface area contributed by atoms with Crippen molar-refractivity contribution in [3.63, 3.8) is 0 Å². The fourth-order valence-corrected chi connectivity index (χ4v) is 2.61. The highest BCUT2D eigenvalue weighted by Crippen LogP contribution is 2.15. The number of amides is 1. The topological polar surface area (TPSA) is 56.2 Å². The molecule has 1 fully saturated rings. The molecule has 5 nitrogen and oxygen atoms in total. The number of rotatable bonds is 5. The van der Waals surface area contributed by atoms with E-state index in [2.05, 4.69) is 10.4 Å². The van der Waals surface area contributed by atoms with E-state index < -0.39 is 0 Å². The van der Waals surface area contributed by atoms with E-state index in [1.165, 1.54) is 12.5 Å². The average molecular weight is 311 g/mol. The quantitative estimate of drug-likeness (QED) is 0.863. The maximum Gasteiger partial charge on any atom is 0.248 e. The first-order valence-corrected chi connectivity index (χ1v) is 7.98. The van der Waals surface area contributed by atoms with Crippen LogP contribution in [-0.2, 0) is 16.1 Å². The molecule has 1 saturated heterocycles. The summed E-state index contributed by atoms with van der Waals surface area (Å²) in [7, 11) is 0. The van der Waals surface area contributed by atoms with Crippen LogP contribution < -0.4 is 5.32 Å². The minimum atomic E-state index is -0.165. The Morgan fingerprint density at radius 3 is 3.00 bits per heavy atom. The van der Waals surface area contributed by atoms with Gasteiger partial charge in [0.1, 0.15) is 0 Å². The van der Waals surface area contributed by atoms with Crippen molar-refractivity contribution in [2.45, 2.75) is 31.9 Å². The van der Waals surface area contributed by atoms with E-state index in [0.29, 0.717) is 5.69 Å². The van der Waals surface area contributed by atoms with E-state index >= 15 is 0 Å². The van der Waals surface area contributed by atoms with Gasteiger partial charge in [-0.1, -0.05) is 30.3 Å². The molecule has 1 amide bonds. The number of anilines is 1. The third-order valence-corrected chi connectivity index (χ3v) is 3.79. The molecular formula is C18H21N3O2. The van der Waals surface area contributed by atoms with Crippen molar-refractivity contribution in [1.82, 2.24) is 9.78 Å². The van der Waals surface area contributed by atoms with Crippen molar-refractivity contribution in [2.24, 2.45) is 0 Å². The van der Waals surface area contributed by atoms with E-state index in [4.69, 9.17) is 4.74 Å². The normalized spacial score (nSPS) is 18.2. The van der Waals surface area contributed by atoms with Crippen LogP contribution >= 0.6 is 0 Å². The number of nitrogens with zero attached hydrogens (tertiary/aromatic N) is 2. The molecular weight excluding hydrogens is 290 g/mol. The van der Waals surface area contributed by atoms with Crippen LogP contribution in [0.3, 0.4) is 0 Å². The van der Waals surface area contributed by atoms with Gasteiger partial charge in [-0.05, 0) is 30.9 Å². The summed E-state index contributed by atoms with van der Waals surface area (Å²) >= 11 is 0. The van der Waals surface area contributed by atoms with Gasteiger partial charge in [-0.3, -0.25) is 9.48 Å². The average Bonchev–Trinajstić information content (AvgIpc) is 3.02. The van der Waals surface area contributed by atoms with Gasteiger partial charge in [0.25, 0.3) is 0 Å².